The lowest BCUT2D eigenvalue weighted by molar-refractivity contribution is -0.390. The summed E-state index contributed by atoms with van der Waals surface area (Å²) in [6.07, 6.45) is 2.68. The molecular weight excluding hydrogens is 364 g/mol. The Morgan fingerprint density at radius 3 is 2.96 bits per heavy atom. The van der Waals surface area contributed by atoms with Crippen molar-refractivity contribution in [2.24, 2.45) is 0 Å². The van der Waals surface area contributed by atoms with Gasteiger partial charge in [-0.1, -0.05) is 24.0 Å². The number of aromatic nitrogens is 2. The van der Waals surface area contributed by atoms with Crippen molar-refractivity contribution in [1.82, 2.24) is 9.97 Å². The fourth-order valence-corrected chi connectivity index (χ4v) is 2.65. The summed E-state index contributed by atoms with van der Waals surface area (Å²) in [6, 6.07) is 2.78. The second-order valence-corrected chi connectivity index (χ2v) is 5.74. The van der Waals surface area contributed by atoms with Gasteiger partial charge in [-0.05, 0) is 29.0 Å². The smallest absolute Gasteiger partial charge is 0.406 e. The Bertz CT molecular complexity index is 850. The van der Waals surface area contributed by atoms with Crippen LogP contribution < -0.4 is 10.1 Å². The molecule has 10 nitrogen and oxygen atoms in total. The maximum atomic E-state index is 11.9. The Hall–Kier alpha value is -3.34. The van der Waals surface area contributed by atoms with Crippen LogP contribution in [-0.4, -0.2) is 40.0 Å². The molecule has 0 unspecified atom stereocenters. The predicted octanol–water partition coefficient (Wildman–Crippen LogP) is 2.12. The number of esters is 1. The minimum atomic E-state index is -0.710. The number of hydrogen-bond donors (Lipinski definition) is 1. The molecule has 0 aliphatic carbocycles. The normalized spacial score (nSPS) is 10.0. The summed E-state index contributed by atoms with van der Waals surface area (Å²) in [5.41, 5.74) is 0.406. The van der Waals surface area contributed by atoms with Gasteiger partial charge < -0.3 is 19.6 Å². The number of carbonyl (C=O) groups is 2. The van der Waals surface area contributed by atoms with Gasteiger partial charge in [0.05, 0.1) is 5.69 Å². The summed E-state index contributed by atoms with van der Waals surface area (Å²) in [5, 5.41) is 13.5. The molecular formula is C15H14N4O6S. The molecule has 0 spiro atoms. The van der Waals surface area contributed by atoms with E-state index < -0.39 is 29.2 Å². The Labute approximate surface area is 151 Å². The predicted molar refractivity (Wildman–Crippen MR) is 92.3 cm³/mol. The van der Waals surface area contributed by atoms with Crippen LogP contribution >= 0.6 is 11.3 Å². The van der Waals surface area contributed by atoms with E-state index in [2.05, 4.69) is 21.9 Å². The molecule has 0 aliphatic rings. The van der Waals surface area contributed by atoms with Crippen LogP contribution in [0.15, 0.2) is 31.0 Å². The number of ether oxygens (including phenoxy) is 2. The Morgan fingerprint density at radius 1 is 1.50 bits per heavy atom. The first-order valence-corrected chi connectivity index (χ1v) is 8.01. The maximum Gasteiger partial charge on any atom is 0.406 e. The molecule has 2 rings (SSSR count). The SMILES string of the molecule is C=CCOC(=O)c1sc(NC(=O)COc2cccnc2[N+](=O)[O-])nc1C. The molecule has 2 aromatic heterocycles. The van der Waals surface area contributed by atoms with Gasteiger partial charge in [0, 0.05) is 0 Å². The van der Waals surface area contributed by atoms with Gasteiger partial charge in [0.25, 0.3) is 5.91 Å². The minimum Gasteiger partial charge on any atom is -0.476 e. The molecule has 0 aromatic carbocycles. The van der Waals surface area contributed by atoms with Crippen molar-refractivity contribution in [3.63, 3.8) is 0 Å². The first kappa shape index (κ1) is 19.0. The molecule has 0 aliphatic heterocycles. The summed E-state index contributed by atoms with van der Waals surface area (Å²) in [4.78, 5) is 41.8. The van der Waals surface area contributed by atoms with Gasteiger partial charge in [0.1, 0.15) is 17.7 Å². The topological polar surface area (TPSA) is 134 Å². The lowest BCUT2D eigenvalue weighted by atomic mass is 10.4. The quantitative estimate of drug-likeness (QED) is 0.319. The number of amides is 1. The highest BCUT2D eigenvalue weighted by atomic mass is 32.1. The molecule has 0 radical (unpaired) electrons. The largest absolute Gasteiger partial charge is 0.476 e. The highest BCUT2D eigenvalue weighted by molar-refractivity contribution is 7.17. The maximum absolute atomic E-state index is 11.9. The minimum absolute atomic E-state index is 0.0651. The number of rotatable bonds is 8. The monoisotopic (exact) mass is 378 g/mol. The first-order chi connectivity index (χ1) is 12.4. The van der Waals surface area contributed by atoms with Gasteiger partial charge in [-0.25, -0.2) is 9.78 Å². The third kappa shape index (κ3) is 4.83. The highest BCUT2D eigenvalue weighted by Gasteiger charge is 2.19. The van der Waals surface area contributed by atoms with Crippen LogP contribution in [0.1, 0.15) is 15.4 Å². The average Bonchev–Trinajstić information content (AvgIpc) is 2.98. The fourth-order valence-electron chi connectivity index (χ4n) is 1.77. The molecule has 0 bridgehead atoms. The molecule has 2 aromatic rings. The first-order valence-electron chi connectivity index (χ1n) is 7.20. The van der Waals surface area contributed by atoms with Crippen LogP contribution in [0.2, 0.25) is 0 Å². The average molecular weight is 378 g/mol. The zero-order valence-corrected chi connectivity index (χ0v) is 14.4. The van der Waals surface area contributed by atoms with Crippen molar-refractivity contribution in [2.75, 3.05) is 18.5 Å². The molecule has 136 valence electrons. The van der Waals surface area contributed by atoms with E-state index in [9.17, 15) is 19.7 Å². The zero-order valence-electron chi connectivity index (χ0n) is 13.6. The highest BCUT2D eigenvalue weighted by Crippen LogP contribution is 2.24. The van der Waals surface area contributed by atoms with E-state index in [0.29, 0.717) is 5.69 Å². The number of thiazole rings is 1. The van der Waals surface area contributed by atoms with Gasteiger partial charge in [0.2, 0.25) is 5.75 Å². The van der Waals surface area contributed by atoms with Gasteiger partial charge >= 0.3 is 11.8 Å². The van der Waals surface area contributed by atoms with Gasteiger partial charge in [0.15, 0.2) is 11.7 Å². The van der Waals surface area contributed by atoms with Gasteiger partial charge in [-0.2, -0.15) is 0 Å². The van der Waals surface area contributed by atoms with E-state index in [1.54, 1.807) is 6.92 Å². The van der Waals surface area contributed by atoms with E-state index in [-0.39, 0.29) is 22.4 Å². The summed E-state index contributed by atoms with van der Waals surface area (Å²) in [7, 11) is 0. The van der Waals surface area contributed by atoms with Crippen LogP contribution in [0.3, 0.4) is 0 Å². The molecule has 2 heterocycles. The zero-order chi connectivity index (χ0) is 19.1. The third-order valence-corrected chi connectivity index (χ3v) is 3.90. The van der Waals surface area contributed by atoms with E-state index in [1.807, 2.05) is 0 Å². The molecule has 0 atom stereocenters. The van der Waals surface area contributed by atoms with E-state index in [1.165, 1.54) is 24.4 Å². The number of nitrogens with zero attached hydrogens (tertiary/aromatic N) is 3. The number of pyridine rings is 1. The molecule has 1 amide bonds. The number of aryl methyl sites for hydroxylation is 1. The number of anilines is 1. The summed E-state index contributed by atoms with van der Waals surface area (Å²) in [5.74, 6) is -1.78. The lowest BCUT2D eigenvalue weighted by Gasteiger charge is -2.05. The summed E-state index contributed by atoms with van der Waals surface area (Å²) >= 11 is 0.948. The van der Waals surface area contributed by atoms with Crippen molar-refractivity contribution in [2.45, 2.75) is 6.92 Å². The molecule has 26 heavy (non-hydrogen) atoms. The fraction of sp³-hybridized carbons (Fsp3) is 0.200. The van der Waals surface area contributed by atoms with Crippen LogP contribution in [-0.2, 0) is 9.53 Å². The van der Waals surface area contributed by atoms with Gasteiger partial charge in [-0.3, -0.25) is 10.1 Å². The van der Waals surface area contributed by atoms with E-state index >= 15 is 0 Å². The molecule has 1 N–H and O–H groups in total. The van der Waals surface area contributed by atoms with Crippen LogP contribution in [0.4, 0.5) is 10.9 Å². The summed E-state index contributed by atoms with van der Waals surface area (Å²) in [6.45, 7) is 4.63. The Balaban J connectivity index is 1.97. The van der Waals surface area contributed by atoms with Crippen molar-refractivity contribution in [3.05, 3.63) is 51.7 Å². The lowest BCUT2D eigenvalue weighted by Crippen LogP contribution is -2.20. The number of hydrogen-bond acceptors (Lipinski definition) is 9. The van der Waals surface area contributed by atoms with Crippen molar-refractivity contribution < 1.29 is 24.0 Å². The number of carbonyl (C=O) groups excluding carboxylic acids is 2. The molecule has 11 heteroatoms. The second-order valence-electron chi connectivity index (χ2n) is 4.74. The van der Waals surface area contributed by atoms with Gasteiger partial charge in [-0.15, -0.1) is 0 Å². The summed E-state index contributed by atoms with van der Waals surface area (Å²) < 4.78 is 10.1. The molecule has 0 saturated carbocycles. The standard InChI is InChI=1S/C15H14N4O6S/c1-3-7-24-14(21)12-9(2)17-15(26-12)18-11(20)8-25-10-5-4-6-16-13(10)19(22)23/h3-6H,1,7-8H2,2H3,(H,17,18,20). The van der Waals surface area contributed by atoms with E-state index in [4.69, 9.17) is 9.47 Å². The molecule has 0 saturated heterocycles. The Morgan fingerprint density at radius 2 is 2.27 bits per heavy atom. The van der Waals surface area contributed by atoms with Crippen LogP contribution in [0.25, 0.3) is 0 Å². The number of nitrogens with one attached hydrogen (secondary N) is 1. The third-order valence-electron chi connectivity index (χ3n) is 2.84. The van der Waals surface area contributed by atoms with E-state index in [0.717, 1.165) is 11.3 Å². The second kappa shape index (κ2) is 8.67. The van der Waals surface area contributed by atoms with Crippen molar-refractivity contribution in [3.8, 4) is 5.75 Å². The van der Waals surface area contributed by atoms with Crippen molar-refractivity contribution >= 4 is 34.2 Å². The van der Waals surface area contributed by atoms with Crippen LogP contribution in [0, 0.1) is 17.0 Å². The number of nitro groups is 1. The van der Waals surface area contributed by atoms with Crippen LogP contribution in [0.5, 0.6) is 5.75 Å². The Kier molecular flexibility index (Phi) is 6.33. The molecule has 0 fully saturated rings. The van der Waals surface area contributed by atoms with Crippen molar-refractivity contribution in [1.29, 1.82) is 0 Å².